The maximum Gasteiger partial charge on any atom is 0.324 e. The Balaban J connectivity index is 2.03. The molecule has 0 saturated heterocycles. The first kappa shape index (κ1) is 12.1. The predicted octanol–water partition coefficient (Wildman–Crippen LogP) is 1.52. The lowest BCUT2D eigenvalue weighted by Crippen LogP contribution is -2.20. The fourth-order valence-electron chi connectivity index (χ4n) is 1.58. The zero-order chi connectivity index (χ0) is 13.0. The van der Waals surface area contributed by atoms with Gasteiger partial charge in [-0.15, -0.1) is 0 Å². The number of rotatable bonds is 3. The summed E-state index contributed by atoms with van der Waals surface area (Å²) in [6.07, 6.45) is 1.78. The maximum atomic E-state index is 11.7. The fraction of sp³-hybridized carbons (Fsp3) is 0.167. The van der Waals surface area contributed by atoms with Crippen molar-refractivity contribution in [1.82, 2.24) is 9.78 Å². The Labute approximate surface area is 105 Å². The molecule has 2 amide bonds. The number of anilines is 2. The van der Waals surface area contributed by atoms with E-state index in [-0.39, 0.29) is 6.03 Å². The second-order valence-electron chi connectivity index (χ2n) is 3.83. The van der Waals surface area contributed by atoms with E-state index in [1.54, 1.807) is 17.9 Å². The second kappa shape index (κ2) is 5.33. The highest BCUT2D eigenvalue weighted by molar-refractivity contribution is 5.99. The van der Waals surface area contributed by atoms with Crippen molar-refractivity contribution >= 4 is 17.5 Å². The minimum Gasteiger partial charge on any atom is -0.326 e. The number of amides is 2. The minimum absolute atomic E-state index is 0.328. The molecule has 0 saturated carbocycles. The molecule has 1 aromatic heterocycles. The Morgan fingerprint density at radius 3 is 2.72 bits per heavy atom. The Bertz CT molecular complexity index is 535. The molecule has 1 heterocycles. The SMILES string of the molecule is Cn1cc(CN)c(NC(=O)Nc2ccccc2)n1. The quantitative estimate of drug-likeness (QED) is 0.766. The van der Waals surface area contributed by atoms with Gasteiger partial charge in [-0.2, -0.15) is 5.10 Å². The molecule has 0 aliphatic carbocycles. The average Bonchev–Trinajstić information content (AvgIpc) is 2.70. The maximum absolute atomic E-state index is 11.7. The smallest absolute Gasteiger partial charge is 0.324 e. The summed E-state index contributed by atoms with van der Waals surface area (Å²) in [5.41, 5.74) is 7.08. The van der Waals surface area contributed by atoms with Crippen molar-refractivity contribution in [2.24, 2.45) is 12.8 Å². The van der Waals surface area contributed by atoms with E-state index < -0.39 is 0 Å². The molecule has 6 nitrogen and oxygen atoms in total. The third kappa shape index (κ3) is 2.86. The van der Waals surface area contributed by atoms with Crippen LogP contribution in [0.25, 0.3) is 0 Å². The van der Waals surface area contributed by atoms with Gasteiger partial charge in [0.15, 0.2) is 5.82 Å². The third-order valence-corrected chi connectivity index (χ3v) is 2.39. The summed E-state index contributed by atoms with van der Waals surface area (Å²) in [4.78, 5) is 11.7. The zero-order valence-corrected chi connectivity index (χ0v) is 10.1. The highest BCUT2D eigenvalue weighted by atomic mass is 16.2. The second-order valence-corrected chi connectivity index (χ2v) is 3.83. The molecule has 18 heavy (non-hydrogen) atoms. The summed E-state index contributed by atoms with van der Waals surface area (Å²) in [6, 6.07) is 8.86. The van der Waals surface area contributed by atoms with Crippen LogP contribution in [0, 0.1) is 0 Å². The van der Waals surface area contributed by atoms with E-state index in [1.165, 1.54) is 0 Å². The van der Waals surface area contributed by atoms with E-state index >= 15 is 0 Å². The molecule has 2 aromatic rings. The molecule has 0 spiro atoms. The number of aromatic nitrogens is 2. The zero-order valence-electron chi connectivity index (χ0n) is 10.1. The van der Waals surface area contributed by atoms with E-state index in [0.29, 0.717) is 12.4 Å². The summed E-state index contributed by atoms with van der Waals surface area (Å²) in [5.74, 6) is 0.480. The van der Waals surface area contributed by atoms with E-state index in [1.807, 2.05) is 30.3 Å². The summed E-state index contributed by atoms with van der Waals surface area (Å²) >= 11 is 0. The van der Waals surface area contributed by atoms with E-state index in [4.69, 9.17) is 5.73 Å². The van der Waals surface area contributed by atoms with Crippen molar-refractivity contribution in [2.45, 2.75) is 6.54 Å². The van der Waals surface area contributed by atoms with Crippen LogP contribution in [0.4, 0.5) is 16.3 Å². The lowest BCUT2D eigenvalue weighted by atomic mass is 10.3. The Morgan fingerprint density at radius 2 is 2.06 bits per heavy atom. The van der Waals surface area contributed by atoms with E-state index in [2.05, 4.69) is 15.7 Å². The fourth-order valence-corrected chi connectivity index (χ4v) is 1.58. The van der Waals surface area contributed by atoms with Gasteiger partial charge in [0.2, 0.25) is 0 Å². The van der Waals surface area contributed by atoms with Crippen LogP contribution < -0.4 is 16.4 Å². The Hall–Kier alpha value is -2.34. The van der Waals surface area contributed by atoms with Crippen LogP contribution in [0.2, 0.25) is 0 Å². The van der Waals surface area contributed by atoms with Gasteiger partial charge >= 0.3 is 6.03 Å². The number of nitrogens with two attached hydrogens (primary N) is 1. The highest BCUT2D eigenvalue weighted by Crippen LogP contribution is 2.12. The van der Waals surface area contributed by atoms with Crippen molar-refractivity contribution in [3.8, 4) is 0 Å². The van der Waals surface area contributed by atoms with Crippen molar-refractivity contribution < 1.29 is 4.79 Å². The number of urea groups is 1. The van der Waals surface area contributed by atoms with E-state index in [0.717, 1.165) is 11.3 Å². The average molecular weight is 245 g/mol. The van der Waals surface area contributed by atoms with Gasteiger partial charge in [0, 0.05) is 31.0 Å². The highest BCUT2D eigenvalue weighted by Gasteiger charge is 2.09. The largest absolute Gasteiger partial charge is 0.326 e. The number of para-hydroxylation sites is 1. The first-order valence-corrected chi connectivity index (χ1v) is 5.54. The lowest BCUT2D eigenvalue weighted by Gasteiger charge is -2.06. The summed E-state index contributed by atoms with van der Waals surface area (Å²) < 4.78 is 1.61. The van der Waals surface area contributed by atoms with Gasteiger partial charge in [-0.3, -0.25) is 10.00 Å². The van der Waals surface area contributed by atoms with Crippen LogP contribution in [0.1, 0.15) is 5.56 Å². The number of nitrogens with one attached hydrogen (secondary N) is 2. The Kier molecular flexibility index (Phi) is 3.59. The lowest BCUT2D eigenvalue weighted by molar-refractivity contribution is 0.262. The molecule has 0 aliphatic rings. The molecule has 0 unspecified atom stereocenters. The molecule has 1 aromatic carbocycles. The molecule has 0 bridgehead atoms. The first-order valence-electron chi connectivity index (χ1n) is 5.54. The molecule has 94 valence electrons. The normalized spacial score (nSPS) is 10.1. The summed E-state index contributed by atoms with van der Waals surface area (Å²) in [6.45, 7) is 0.328. The number of hydrogen-bond donors (Lipinski definition) is 3. The number of nitrogens with zero attached hydrogens (tertiary/aromatic N) is 2. The van der Waals surface area contributed by atoms with Gasteiger partial charge < -0.3 is 11.1 Å². The molecule has 0 fully saturated rings. The standard InChI is InChI=1S/C12H15N5O/c1-17-8-9(7-13)11(16-17)15-12(18)14-10-5-3-2-4-6-10/h2-6,8H,7,13H2,1H3,(H2,14,15,16,18). The third-order valence-electron chi connectivity index (χ3n) is 2.39. The monoisotopic (exact) mass is 245 g/mol. The van der Waals surface area contributed by atoms with Crippen LogP contribution >= 0.6 is 0 Å². The van der Waals surface area contributed by atoms with Gasteiger partial charge in [0.05, 0.1) is 0 Å². The summed E-state index contributed by atoms with van der Waals surface area (Å²) in [5, 5.41) is 9.51. The minimum atomic E-state index is -0.338. The number of benzene rings is 1. The summed E-state index contributed by atoms with van der Waals surface area (Å²) in [7, 11) is 1.78. The Morgan fingerprint density at radius 1 is 1.33 bits per heavy atom. The number of hydrogen-bond acceptors (Lipinski definition) is 3. The topological polar surface area (TPSA) is 85.0 Å². The van der Waals surface area contributed by atoms with Crippen LogP contribution in [-0.4, -0.2) is 15.8 Å². The predicted molar refractivity (Wildman–Crippen MR) is 70.2 cm³/mol. The van der Waals surface area contributed by atoms with Crippen LogP contribution in [0.15, 0.2) is 36.5 Å². The molecule has 6 heteroatoms. The molecule has 0 aliphatic heterocycles. The molecular weight excluding hydrogens is 230 g/mol. The van der Waals surface area contributed by atoms with Crippen molar-refractivity contribution in [1.29, 1.82) is 0 Å². The van der Waals surface area contributed by atoms with Crippen molar-refractivity contribution in [2.75, 3.05) is 10.6 Å². The number of carbonyl (C=O) groups excluding carboxylic acids is 1. The molecule has 0 radical (unpaired) electrons. The molecular formula is C12H15N5O. The van der Waals surface area contributed by atoms with Gasteiger partial charge in [-0.05, 0) is 12.1 Å². The first-order chi connectivity index (χ1) is 8.69. The number of aryl methyl sites for hydroxylation is 1. The molecule has 2 rings (SSSR count). The number of carbonyl (C=O) groups is 1. The van der Waals surface area contributed by atoms with E-state index in [9.17, 15) is 4.79 Å². The van der Waals surface area contributed by atoms with Gasteiger partial charge in [-0.1, -0.05) is 18.2 Å². The van der Waals surface area contributed by atoms with Gasteiger partial charge in [0.25, 0.3) is 0 Å². The molecule has 4 N–H and O–H groups in total. The van der Waals surface area contributed by atoms with Crippen LogP contribution in [0.5, 0.6) is 0 Å². The van der Waals surface area contributed by atoms with Crippen LogP contribution in [0.3, 0.4) is 0 Å². The van der Waals surface area contributed by atoms with Crippen LogP contribution in [-0.2, 0) is 13.6 Å². The van der Waals surface area contributed by atoms with Crippen molar-refractivity contribution in [3.05, 3.63) is 42.1 Å². The van der Waals surface area contributed by atoms with Gasteiger partial charge in [-0.25, -0.2) is 4.79 Å². The van der Waals surface area contributed by atoms with Gasteiger partial charge in [0.1, 0.15) is 0 Å². The molecule has 0 atom stereocenters. The van der Waals surface area contributed by atoms with Crippen molar-refractivity contribution in [3.63, 3.8) is 0 Å².